The zero-order chi connectivity index (χ0) is 7.61. The minimum Gasteiger partial charge on any atom is -0.208 e. The Kier molecular flexibility index (Phi) is 2.81. The lowest BCUT2D eigenvalue weighted by atomic mass is 9.90. The molecular formula is C7H11Cl2F. The van der Waals surface area contributed by atoms with Gasteiger partial charge in [-0.2, -0.15) is 0 Å². The number of alkyl halides is 3. The highest BCUT2D eigenvalue weighted by Crippen LogP contribution is 2.40. The van der Waals surface area contributed by atoms with Crippen LogP contribution in [0.1, 0.15) is 32.1 Å². The molecule has 1 fully saturated rings. The molecule has 1 aliphatic carbocycles. The maximum atomic E-state index is 12.8. The molecule has 1 rings (SSSR count). The molecule has 0 aromatic rings. The van der Waals surface area contributed by atoms with Crippen LogP contribution >= 0.6 is 23.2 Å². The Hall–Kier alpha value is 0.510. The average Bonchev–Trinajstić information content (AvgIpc) is 1.88. The zero-order valence-corrected chi connectivity index (χ0v) is 7.26. The molecule has 0 aromatic carbocycles. The predicted octanol–water partition coefficient (Wildman–Crippen LogP) is 3.67. The summed E-state index contributed by atoms with van der Waals surface area (Å²) < 4.78 is 10.8. The van der Waals surface area contributed by atoms with E-state index in [1.807, 2.05) is 0 Å². The summed E-state index contributed by atoms with van der Waals surface area (Å²) in [6.45, 7) is 0. The lowest BCUT2D eigenvalue weighted by Gasteiger charge is -2.26. The van der Waals surface area contributed by atoms with Gasteiger partial charge in [0, 0.05) is 5.92 Å². The minimum atomic E-state index is -1.99. The van der Waals surface area contributed by atoms with Crippen molar-refractivity contribution in [3.63, 3.8) is 0 Å². The second-order valence-corrected chi connectivity index (χ2v) is 4.17. The molecule has 3 heteroatoms. The standard InChI is InChI=1S/C7H11Cl2F/c8-7(9,10)6-4-2-1-3-5-6/h6H,1-5H2. The number of hydrogen-bond acceptors (Lipinski definition) is 0. The Bertz CT molecular complexity index is 103. The van der Waals surface area contributed by atoms with Gasteiger partial charge in [-0.15, -0.1) is 0 Å². The molecule has 0 nitrogen and oxygen atoms in total. The maximum Gasteiger partial charge on any atom is 0.260 e. The van der Waals surface area contributed by atoms with Gasteiger partial charge in [-0.25, -0.2) is 4.39 Å². The van der Waals surface area contributed by atoms with Gasteiger partial charge in [0.1, 0.15) is 0 Å². The fraction of sp³-hybridized carbons (Fsp3) is 1.00. The van der Waals surface area contributed by atoms with Crippen LogP contribution in [0.2, 0.25) is 0 Å². The highest BCUT2D eigenvalue weighted by molar-refractivity contribution is 6.47. The van der Waals surface area contributed by atoms with E-state index in [9.17, 15) is 4.39 Å². The van der Waals surface area contributed by atoms with Crippen LogP contribution in [0.25, 0.3) is 0 Å². The third-order valence-electron chi connectivity index (χ3n) is 2.07. The summed E-state index contributed by atoms with van der Waals surface area (Å²) in [5.41, 5.74) is 0. The Morgan fingerprint density at radius 3 is 1.90 bits per heavy atom. The van der Waals surface area contributed by atoms with Gasteiger partial charge in [0.2, 0.25) is 0 Å². The van der Waals surface area contributed by atoms with Gasteiger partial charge in [0.15, 0.2) is 0 Å². The van der Waals surface area contributed by atoms with E-state index in [0.29, 0.717) is 0 Å². The molecule has 10 heavy (non-hydrogen) atoms. The summed E-state index contributed by atoms with van der Waals surface area (Å²) in [6, 6.07) is 0. The summed E-state index contributed by atoms with van der Waals surface area (Å²) >= 11 is 10.6. The molecule has 60 valence electrons. The molecule has 0 heterocycles. The number of hydrogen-bond donors (Lipinski definition) is 0. The minimum absolute atomic E-state index is 0.135. The molecule has 0 unspecified atom stereocenters. The summed E-state index contributed by atoms with van der Waals surface area (Å²) in [7, 11) is 0. The van der Waals surface area contributed by atoms with E-state index in [1.54, 1.807) is 0 Å². The van der Waals surface area contributed by atoms with Crippen LogP contribution < -0.4 is 0 Å². The predicted molar refractivity (Wildman–Crippen MR) is 42.1 cm³/mol. The third kappa shape index (κ3) is 2.28. The van der Waals surface area contributed by atoms with Crippen molar-refractivity contribution in [2.24, 2.45) is 5.92 Å². The summed E-state index contributed by atoms with van der Waals surface area (Å²) in [4.78, 5) is 0. The van der Waals surface area contributed by atoms with E-state index >= 15 is 0 Å². The van der Waals surface area contributed by atoms with Crippen molar-refractivity contribution in [2.75, 3.05) is 0 Å². The summed E-state index contributed by atoms with van der Waals surface area (Å²) in [5.74, 6) is -0.135. The first-order valence-corrected chi connectivity index (χ1v) is 4.43. The van der Waals surface area contributed by atoms with Crippen LogP contribution in [0.15, 0.2) is 0 Å². The van der Waals surface area contributed by atoms with Crippen molar-refractivity contribution in [1.29, 1.82) is 0 Å². The Morgan fingerprint density at radius 2 is 1.60 bits per heavy atom. The van der Waals surface area contributed by atoms with E-state index < -0.39 is 4.59 Å². The first-order valence-electron chi connectivity index (χ1n) is 3.67. The van der Waals surface area contributed by atoms with E-state index in [1.165, 1.54) is 6.42 Å². The smallest absolute Gasteiger partial charge is 0.208 e. The lowest BCUT2D eigenvalue weighted by Crippen LogP contribution is -2.22. The van der Waals surface area contributed by atoms with Crippen LogP contribution in [0, 0.1) is 5.92 Å². The molecule has 0 bridgehead atoms. The molecule has 0 saturated heterocycles. The van der Waals surface area contributed by atoms with Gasteiger partial charge in [-0.05, 0) is 12.8 Å². The Labute approximate surface area is 70.7 Å². The lowest BCUT2D eigenvalue weighted by molar-refractivity contribution is 0.214. The molecule has 1 aliphatic rings. The molecular weight excluding hydrogens is 174 g/mol. The summed E-state index contributed by atoms with van der Waals surface area (Å²) in [5, 5.41) is 0. The van der Waals surface area contributed by atoms with Crippen LogP contribution in [0.4, 0.5) is 4.39 Å². The van der Waals surface area contributed by atoms with Crippen molar-refractivity contribution < 1.29 is 4.39 Å². The van der Waals surface area contributed by atoms with Gasteiger partial charge in [0.25, 0.3) is 4.59 Å². The van der Waals surface area contributed by atoms with Crippen molar-refractivity contribution in [2.45, 2.75) is 36.7 Å². The molecule has 0 atom stereocenters. The zero-order valence-electron chi connectivity index (χ0n) is 5.75. The van der Waals surface area contributed by atoms with Gasteiger partial charge in [-0.1, -0.05) is 42.5 Å². The van der Waals surface area contributed by atoms with Crippen molar-refractivity contribution >= 4 is 23.2 Å². The second-order valence-electron chi connectivity index (χ2n) is 2.88. The largest absolute Gasteiger partial charge is 0.260 e. The van der Waals surface area contributed by atoms with Gasteiger partial charge >= 0.3 is 0 Å². The Morgan fingerprint density at radius 1 is 1.10 bits per heavy atom. The highest BCUT2D eigenvalue weighted by Gasteiger charge is 2.34. The molecule has 0 N–H and O–H groups in total. The van der Waals surface area contributed by atoms with Crippen LogP contribution in [0.3, 0.4) is 0 Å². The van der Waals surface area contributed by atoms with Crippen molar-refractivity contribution in [3.8, 4) is 0 Å². The summed E-state index contributed by atoms with van der Waals surface area (Å²) in [6.07, 6.45) is 5.00. The second kappa shape index (κ2) is 3.27. The Balaban J connectivity index is 2.39. The van der Waals surface area contributed by atoms with Crippen molar-refractivity contribution in [1.82, 2.24) is 0 Å². The quantitative estimate of drug-likeness (QED) is 0.546. The molecule has 0 radical (unpaired) electrons. The topological polar surface area (TPSA) is 0 Å². The van der Waals surface area contributed by atoms with Gasteiger partial charge in [0.05, 0.1) is 0 Å². The first kappa shape index (κ1) is 8.61. The van der Waals surface area contributed by atoms with Crippen molar-refractivity contribution in [3.05, 3.63) is 0 Å². The SMILES string of the molecule is FC(Cl)(Cl)C1CCCCC1. The van der Waals surface area contributed by atoms with E-state index in [4.69, 9.17) is 23.2 Å². The van der Waals surface area contributed by atoms with E-state index in [-0.39, 0.29) is 5.92 Å². The molecule has 0 amide bonds. The molecule has 0 aliphatic heterocycles. The first-order chi connectivity index (χ1) is 4.61. The number of halogens is 3. The van der Waals surface area contributed by atoms with Crippen LogP contribution in [0.5, 0.6) is 0 Å². The fourth-order valence-corrected chi connectivity index (χ4v) is 1.87. The fourth-order valence-electron chi connectivity index (χ4n) is 1.43. The molecule has 1 saturated carbocycles. The molecule has 0 spiro atoms. The van der Waals surface area contributed by atoms with Crippen LogP contribution in [-0.4, -0.2) is 4.59 Å². The normalized spacial score (nSPS) is 23.1. The third-order valence-corrected chi connectivity index (χ3v) is 2.69. The van der Waals surface area contributed by atoms with Gasteiger partial charge < -0.3 is 0 Å². The highest BCUT2D eigenvalue weighted by atomic mass is 35.5. The maximum absolute atomic E-state index is 12.8. The van der Waals surface area contributed by atoms with E-state index in [2.05, 4.69) is 0 Å². The molecule has 0 aromatic heterocycles. The average molecular weight is 185 g/mol. The monoisotopic (exact) mass is 184 g/mol. The number of rotatable bonds is 1. The van der Waals surface area contributed by atoms with E-state index in [0.717, 1.165) is 25.7 Å². The van der Waals surface area contributed by atoms with Gasteiger partial charge in [-0.3, -0.25) is 0 Å². The van der Waals surface area contributed by atoms with Crippen LogP contribution in [-0.2, 0) is 0 Å².